The average Bonchev–Trinajstić information content (AvgIpc) is 2.55. The third-order valence-electron chi connectivity index (χ3n) is 2.61. The SMILES string of the molecule is CC.COc1cc(Br)ccc1C(=O)O.O=C(O)c1c(Cl)cc(Br)cc1Cl. The Morgan fingerprint density at radius 3 is 1.81 bits per heavy atom. The van der Waals surface area contributed by atoms with Gasteiger partial charge in [-0.25, -0.2) is 9.59 Å². The molecule has 26 heavy (non-hydrogen) atoms. The second kappa shape index (κ2) is 12.2. The molecule has 142 valence electrons. The van der Waals surface area contributed by atoms with Gasteiger partial charge in [0, 0.05) is 8.95 Å². The molecule has 2 aromatic carbocycles. The monoisotopic (exact) mass is 528 g/mol. The minimum absolute atomic E-state index is 0.0680. The summed E-state index contributed by atoms with van der Waals surface area (Å²) in [6.07, 6.45) is 0. The second-order valence-electron chi connectivity index (χ2n) is 4.20. The van der Waals surface area contributed by atoms with Gasteiger partial charge in [-0.2, -0.15) is 0 Å². The zero-order chi connectivity index (χ0) is 20.4. The van der Waals surface area contributed by atoms with E-state index in [1.807, 2.05) is 13.8 Å². The van der Waals surface area contributed by atoms with Crippen LogP contribution in [0.1, 0.15) is 34.6 Å². The molecule has 0 fully saturated rings. The fraction of sp³-hybridized carbons (Fsp3) is 0.176. The van der Waals surface area contributed by atoms with E-state index in [2.05, 4.69) is 31.9 Å². The molecular weight excluding hydrogens is 515 g/mol. The summed E-state index contributed by atoms with van der Waals surface area (Å²) in [7, 11) is 1.44. The van der Waals surface area contributed by atoms with Crippen molar-refractivity contribution in [1.82, 2.24) is 0 Å². The van der Waals surface area contributed by atoms with Gasteiger partial charge < -0.3 is 14.9 Å². The smallest absolute Gasteiger partial charge is 0.339 e. The van der Waals surface area contributed by atoms with E-state index in [0.717, 1.165) is 4.47 Å². The average molecular weight is 531 g/mol. The van der Waals surface area contributed by atoms with Crippen LogP contribution in [-0.4, -0.2) is 29.3 Å². The van der Waals surface area contributed by atoms with Gasteiger partial charge in [0.2, 0.25) is 0 Å². The fourth-order valence-electron chi connectivity index (χ4n) is 1.59. The molecule has 0 heterocycles. The maximum absolute atomic E-state index is 10.6. The lowest BCUT2D eigenvalue weighted by atomic mass is 10.2. The quantitative estimate of drug-likeness (QED) is 0.465. The van der Waals surface area contributed by atoms with Gasteiger partial charge in [0.1, 0.15) is 11.3 Å². The number of halogens is 4. The number of benzene rings is 2. The molecule has 0 amide bonds. The first-order valence-corrected chi connectivity index (χ1v) is 9.46. The van der Waals surface area contributed by atoms with Crippen LogP contribution in [0.2, 0.25) is 10.0 Å². The summed E-state index contributed by atoms with van der Waals surface area (Å²) >= 11 is 17.6. The lowest BCUT2D eigenvalue weighted by molar-refractivity contribution is 0.0684. The standard InChI is InChI=1S/C8H7BrO3.C7H3BrCl2O2.C2H6/c1-12-7-4-5(9)2-3-6(7)8(10)11;8-3-1-4(9)6(7(11)12)5(10)2-3;1-2/h2-4H,1H3,(H,10,11);1-2H,(H,11,12);1-2H3. The minimum Gasteiger partial charge on any atom is -0.496 e. The van der Waals surface area contributed by atoms with Crippen molar-refractivity contribution in [3.63, 3.8) is 0 Å². The van der Waals surface area contributed by atoms with Crippen LogP contribution in [0.3, 0.4) is 0 Å². The van der Waals surface area contributed by atoms with E-state index >= 15 is 0 Å². The zero-order valence-corrected chi connectivity index (χ0v) is 18.7. The maximum Gasteiger partial charge on any atom is 0.339 e. The third-order valence-corrected chi connectivity index (χ3v) is 4.16. The Bertz CT molecular complexity index is 759. The van der Waals surface area contributed by atoms with Crippen molar-refractivity contribution in [3.8, 4) is 5.75 Å². The topological polar surface area (TPSA) is 83.8 Å². The molecule has 2 N–H and O–H groups in total. The van der Waals surface area contributed by atoms with Crippen LogP contribution in [-0.2, 0) is 0 Å². The van der Waals surface area contributed by atoms with Gasteiger partial charge in [-0.1, -0.05) is 68.9 Å². The van der Waals surface area contributed by atoms with Gasteiger partial charge in [0.25, 0.3) is 0 Å². The molecule has 2 rings (SSSR count). The highest BCUT2D eigenvalue weighted by Gasteiger charge is 2.13. The van der Waals surface area contributed by atoms with Crippen molar-refractivity contribution in [2.75, 3.05) is 7.11 Å². The Hall–Kier alpha value is -1.28. The van der Waals surface area contributed by atoms with Crippen molar-refractivity contribution < 1.29 is 24.5 Å². The molecule has 9 heteroatoms. The molecule has 0 atom stereocenters. The number of methoxy groups -OCH3 is 1. The number of ether oxygens (including phenoxy) is 1. The van der Waals surface area contributed by atoms with Crippen molar-refractivity contribution in [2.45, 2.75) is 13.8 Å². The summed E-state index contributed by atoms with van der Waals surface area (Å²) in [4.78, 5) is 21.2. The Morgan fingerprint density at radius 1 is 0.923 bits per heavy atom. The van der Waals surface area contributed by atoms with Crippen LogP contribution in [0.5, 0.6) is 5.75 Å². The second-order valence-corrected chi connectivity index (χ2v) is 6.85. The highest BCUT2D eigenvalue weighted by Crippen LogP contribution is 2.28. The molecule has 0 radical (unpaired) electrons. The van der Waals surface area contributed by atoms with E-state index in [1.165, 1.54) is 25.3 Å². The van der Waals surface area contributed by atoms with E-state index < -0.39 is 11.9 Å². The number of carboxylic acids is 2. The van der Waals surface area contributed by atoms with E-state index in [9.17, 15) is 9.59 Å². The van der Waals surface area contributed by atoms with Gasteiger partial charge in [0.05, 0.1) is 22.7 Å². The maximum atomic E-state index is 10.6. The van der Waals surface area contributed by atoms with Crippen molar-refractivity contribution in [2.24, 2.45) is 0 Å². The van der Waals surface area contributed by atoms with Crippen LogP contribution in [0.4, 0.5) is 0 Å². The summed E-state index contributed by atoms with van der Waals surface area (Å²) in [5, 5.41) is 17.6. The van der Waals surface area contributed by atoms with Crippen molar-refractivity contribution in [1.29, 1.82) is 0 Å². The van der Waals surface area contributed by atoms with Crippen molar-refractivity contribution in [3.05, 3.63) is 60.4 Å². The van der Waals surface area contributed by atoms with Gasteiger partial charge in [0.15, 0.2) is 0 Å². The van der Waals surface area contributed by atoms with Crippen molar-refractivity contribution >= 4 is 67.0 Å². The number of aromatic carboxylic acids is 2. The van der Waals surface area contributed by atoms with E-state index in [4.69, 9.17) is 38.2 Å². The molecule has 0 saturated carbocycles. The summed E-state index contributed by atoms with van der Waals surface area (Å²) in [6.45, 7) is 4.00. The van der Waals surface area contributed by atoms with Crippen LogP contribution in [0.25, 0.3) is 0 Å². The normalized spacial score (nSPS) is 9.19. The van der Waals surface area contributed by atoms with E-state index in [-0.39, 0.29) is 21.2 Å². The molecule has 0 aliphatic heterocycles. The van der Waals surface area contributed by atoms with Gasteiger partial charge in [-0.05, 0) is 30.3 Å². The van der Waals surface area contributed by atoms with E-state index in [1.54, 1.807) is 12.1 Å². The minimum atomic E-state index is -1.13. The lowest BCUT2D eigenvalue weighted by Gasteiger charge is -2.03. The zero-order valence-electron chi connectivity index (χ0n) is 14.0. The van der Waals surface area contributed by atoms with Gasteiger partial charge in [-0.3, -0.25) is 0 Å². The summed E-state index contributed by atoms with van der Waals surface area (Å²) in [6, 6.07) is 7.73. The Labute approximate surface area is 178 Å². The number of hydrogen-bond acceptors (Lipinski definition) is 3. The highest BCUT2D eigenvalue weighted by atomic mass is 79.9. The molecule has 0 spiro atoms. The van der Waals surface area contributed by atoms with Crippen LogP contribution in [0.15, 0.2) is 39.3 Å². The Kier molecular flexibility index (Phi) is 11.6. The number of carbonyl (C=O) groups is 2. The predicted octanol–water partition coefficient (Wildman–Crippen LogP) is 6.64. The Morgan fingerprint density at radius 2 is 1.42 bits per heavy atom. The fourth-order valence-corrected chi connectivity index (χ4v) is 3.30. The molecule has 0 aliphatic rings. The van der Waals surface area contributed by atoms with Crippen LogP contribution < -0.4 is 4.74 Å². The molecule has 0 aliphatic carbocycles. The van der Waals surface area contributed by atoms with E-state index in [0.29, 0.717) is 10.2 Å². The van der Waals surface area contributed by atoms with Crippen LogP contribution >= 0.6 is 55.1 Å². The lowest BCUT2D eigenvalue weighted by Crippen LogP contribution is -1.99. The molecule has 0 unspecified atom stereocenters. The third kappa shape index (κ3) is 7.53. The summed E-state index contributed by atoms with van der Waals surface area (Å²) in [5.74, 6) is -1.76. The summed E-state index contributed by atoms with van der Waals surface area (Å²) in [5.41, 5.74) is 0.0993. The van der Waals surface area contributed by atoms with Crippen LogP contribution in [0, 0.1) is 0 Å². The predicted molar refractivity (Wildman–Crippen MR) is 110 cm³/mol. The van der Waals surface area contributed by atoms with Gasteiger partial charge in [-0.15, -0.1) is 0 Å². The first-order chi connectivity index (χ1) is 12.2. The largest absolute Gasteiger partial charge is 0.496 e. The highest BCUT2D eigenvalue weighted by molar-refractivity contribution is 9.10. The number of hydrogen-bond donors (Lipinski definition) is 2. The molecule has 0 aromatic heterocycles. The first kappa shape index (κ1) is 24.7. The number of rotatable bonds is 3. The first-order valence-electron chi connectivity index (χ1n) is 7.12. The molecule has 2 aromatic rings. The molecular formula is C17H16Br2Cl2O5. The summed E-state index contributed by atoms with van der Waals surface area (Å²) < 4.78 is 6.33. The Balaban J connectivity index is 0.000000439. The van der Waals surface area contributed by atoms with Gasteiger partial charge >= 0.3 is 11.9 Å². The molecule has 5 nitrogen and oxygen atoms in total. The molecule has 0 saturated heterocycles. The number of carboxylic acid groups (broad SMARTS) is 2. The molecule has 0 bridgehead atoms.